The van der Waals surface area contributed by atoms with E-state index in [1.165, 1.54) is 0 Å². The van der Waals surface area contributed by atoms with Crippen molar-refractivity contribution in [3.8, 4) is 0 Å². The molecule has 5 N–H and O–H groups in total. The third-order valence-electron chi connectivity index (χ3n) is 7.46. The lowest BCUT2D eigenvalue weighted by molar-refractivity contribution is -0.230. The molecule has 4 atom stereocenters. The molecule has 0 radical (unpaired) electrons. The summed E-state index contributed by atoms with van der Waals surface area (Å²) in [5, 5.41) is 30.4. The van der Waals surface area contributed by atoms with Gasteiger partial charge in [-0.3, -0.25) is 4.79 Å². The van der Waals surface area contributed by atoms with Crippen LogP contribution in [0.1, 0.15) is 65.2 Å². The highest BCUT2D eigenvalue weighted by Gasteiger charge is 2.67. The van der Waals surface area contributed by atoms with Crippen LogP contribution in [-0.2, 0) is 4.79 Å². The summed E-state index contributed by atoms with van der Waals surface area (Å²) in [6.07, 6.45) is 6.43. The number of aliphatic hydroxyl groups is 1. The summed E-state index contributed by atoms with van der Waals surface area (Å²) in [6, 6.07) is -0.682. The molecule has 0 aromatic heterocycles. The van der Waals surface area contributed by atoms with Gasteiger partial charge >= 0.3 is 7.12 Å². The van der Waals surface area contributed by atoms with Gasteiger partial charge in [0.2, 0.25) is 5.91 Å². The van der Waals surface area contributed by atoms with Crippen LogP contribution in [0.2, 0.25) is 0 Å². The average Bonchev–Trinajstić information content (AvgIpc) is 2.89. The number of likely N-dealkylation sites (tertiary alicyclic amines) is 1. The summed E-state index contributed by atoms with van der Waals surface area (Å²) >= 11 is 0. The lowest BCUT2D eigenvalue weighted by atomic mass is 9.38. The molecule has 1 saturated heterocycles. The Kier molecular flexibility index (Phi) is 3.71. The van der Waals surface area contributed by atoms with Crippen LogP contribution >= 0.6 is 0 Å². The van der Waals surface area contributed by atoms with E-state index < -0.39 is 24.7 Å². The molecule has 5 rings (SSSR count). The van der Waals surface area contributed by atoms with Crippen LogP contribution in [-0.4, -0.2) is 57.2 Å². The molecular formula is C18H31BN2O4. The van der Waals surface area contributed by atoms with E-state index in [1.54, 1.807) is 4.90 Å². The first-order valence-electron chi connectivity index (χ1n) is 9.64. The van der Waals surface area contributed by atoms with Crippen molar-refractivity contribution < 1.29 is 19.9 Å². The number of hydrogen-bond donors (Lipinski definition) is 4. The maximum absolute atomic E-state index is 13.2. The van der Waals surface area contributed by atoms with E-state index in [0.717, 1.165) is 38.5 Å². The van der Waals surface area contributed by atoms with E-state index in [4.69, 9.17) is 5.73 Å². The molecule has 0 aromatic rings. The number of nitrogens with two attached hydrogens (primary N) is 1. The Morgan fingerprint density at radius 2 is 1.72 bits per heavy atom. The van der Waals surface area contributed by atoms with Gasteiger partial charge in [0, 0.05) is 6.54 Å². The molecule has 6 nitrogen and oxygen atoms in total. The molecule has 5 fully saturated rings. The van der Waals surface area contributed by atoms with Gasteiger partial charge in [-0.15, -0.1) is 0 Å². The number of hydrogen-bond acceptors (Lipinski definition) is 5. The van der Waals surface area contributed by atoms with Gasteiger partial charge in [0.15, 0.2) is 0 Å². The number of nitrogens with zero attached hydrogens (tertiary/aromatic N) is 1. The molecule has 4 aliphatic carbocycles. The van der Waals surface area contributed by atoms with Crippen molar-refractivity contribution in [2.24, 2.45) is 22.0 Å². The van der Waals surface area contributed by atoms with Crippen molar-refractivity contribution in [2.75, 3.05) is 6.54 Å². The van der Waals surface area contributed by atoms with Crippen molar-refractivity contribution in [2.45, 2.75) is 82.8 Å². The molecule has 25 heavy (non-hydrogen) atoms. The lowest BCUT2D eigenvalue weighted by Gasteiger charge is -2.69. The number of rotatable bonds is 3. The minimum Gasteiger partial charge on any atom is -0.426 e. The van der Waals surface area contributed by atoms with Crippen LogP contribution in [0.25, 0.3) is 0 Å². The normalized spacial score (nSPS) is 49.5. The van der Waals surface area contributed by atoms with Crippen LogP contribution in [0.4, 0.5) is 0 Å². The van der Waals surface area contributed by atoms with E-state index in [9.17, 15) is 19.9 Å². The summed E-state index contributed by atoms with van der Waals surface area (Å²) in [5.74, 6) is -0.727. The summed E-state index contributed by atoms with van der Waals surface area (Å²) in [7, 11) is -1.52. The van der Waals surface area contributed by atoms with Crippen LogP contribution in [0, 0.1) is 16.2 Å². The lowest BCUT2D eigenvalue weighted by Crippen LogP contribution is -2.69. The molecule has 1 amide bonds. The molecule has 1 heterocycles. The second-order valence-corrected chi connectivity index (χ2v) is 10.4. The van der Waals surface area contributed by atoms with Crippen LogP contribution < -0.4 is 5.73 Å². The third kappa shape index (κ3) is 2.66. The molecule has 0 aromatic carbocycles. The van der Waals surface area contributed by atoms with Gasteiger partial charge in [0.25, 0.3) is 0 Å². The smallest absolute Gasteiger partial charge is 0.426 e. The van der Waals surface area contributed by atoms with Crippen LogP contribution in [0.3, 0.4) is 0 Å². The highest BCUT2D eigenvalue weighted by Crippen LogP contribution is 2.71. The Hall–Kier alpha value is -0.625. The largest absolute Gasteiger partial charge is 0.475 e. The van der Waals surface area contributed by atoms with E-state index in [0.29, 0.717) is 19.4 Å². The zero-order chi connectivity index (χ0) is 18.3. The third-order valence-corrected chi connectivity index (χ3v) is 7.46. The van der Waals surface area contributed by atoms with E-state index in [1.807, 2.05) is 0 Å². The topological polar surface area (TPSA) is 107 Å². The fourth-order valence-electron chi connectivity index (χ4n) is 7.87. The second-order valence-electron chi connectivity index (χ2n) is 10.4. The standard InChI is InChI=1S/C18H31BN2O4/c1-15-6-16(2)8-17(7-15,11-18(23,9-15)10-16)13(20)14(22)21-5-3-4-12(21)19(24)25/h12-13,23-25H,3-11,20H2,1-2H3/t12-,13+,15?,16?,17?,18?/m0/s1. The fourth-order valence-corrected chi connectivity index (χ4v) is 7.87. The number of carbonyl (C=O) groups is 1. The zero-order valence-corrected chi connectivity index (χ0v) is 15.4. The van der Waals surface area contributed by atoms with E-state index in [-0.39, 0.29) is 22.2 Å². The average molecular weight is 350 g/mol. The minimum absolute atomic E-state index is 0.0387. The predicted octanol–water partition coefficient (Wildman–Crippen LogP) is 0.428. The highest BCUT2D eigenvalue weighted by molar-refractivity contribution is 6.43. The second kappa shape index (κ2) is 5.21. The van der Waals surface area contributed by atoms with Gasteiger partial charge in [-0.1, -0.05) is 13.8 Å². The minimum atomic E-state index is -1.52. The van der Waals surface area contributed by atoms with Gasteiger partial charge in [-0.05, 0) is 67.6 Å². The molecular weight excluding hydrogens is 319 g/mol. The number of amides is 1. The molecule has 7 heteroatoms. The Labute approximate surface area is 149 Å². The molecule has 5 aliphatic rings. The fraction of sp³-hybridized carbons (Fsp3) is 0.944. The quantitative estimate of drug-likeness (QED) is 0.552. The zero-order valence-electron chi connectivity index (χ0n) is 15.4. The molecule has 140 valence electrons. The maximum atomic E-state index is 13.2. The summed E-state index contributed by atoms with van der Waals surface area (Å²) in [5.41, 5.74) is 5.56. The van der Waals surface area contributed by atoms with Crippen molar-refractivity contribution in [3.05, 3.63) is 0 Å². The van der Waals surface area contributed by atoms with Crippen molar-refractivity contribution in [1.82, 2.24) is 4.90 Å². The molecule has 1 aliphatic heterocycles. The van der Waals surface area contributed by atoms with Gasteiger partial charge in [0.05, 0.1) is 17.6 Å². The first-order valence-corrected chi connectivity index (χ1v) is 9.64. The Balaban J connectivity index is 1.63. The molecule has 2 unspecified atom stereocenters. The van der Waals surface area contributed by atoms with Crippen LogP contribution in [0.15, 0.2) is 0 Å². The monoisotopic (exact) mass is 350 g/mol. The van der Waals surface area contributed by atoms with Crippen molar-refractivity contribution in [1.29, 1.82) is 0 Å². The summed E-state index contributed by atoms with van der Waals surface area (Å²) < 4.78 is 0. The predicted molar refractivity (Wildman–Crippen MR) is 94.2 cm³/mol. The first-order chi connectivity index (χ1) is 11.5. The van der Waals surface area contributed by atoms with Gasteiger partial charge in [-0.2, -0.15) is 0 Å². The SMILES string of the molecule is CC12CC3(C)CC(O)(C1)CC([C@H](N)C(=O)N1CCC[C@H]1B(O)O)(C2)C3. The number of carbonyl (C=O) groups excluding carboxylic acids is 1. The van der Waals surface area contributed by atoms with Gasteiger partial charge < -0.3 is 25.8 Å². The molecule has 4 bridgehead atoms. The Morgan fingerprint density at radius 3 is 2.24 bits per heavy atom. The molecule has 4 saturated carbocycles. The Morgan fingerprint density at radius 1 is 1.12 bits per heavy atom. The molecule has 0 spiro atoms. The van der Waals surface area contributed by atoms with Crippen LogP contribution in [0.5, 0.6) is 0 Å². The summed E-state index contributed by atoms with van der Waals surface area (Å²) in [4.78, 5) is 14.8. The first kappa shape index (κ1) is 17.8. The van der Waals surface area contributed by atoms with Gasteiger partial charge in [-0.25, -0.2) is 0 Å². The Bertz CT molecular complexity index is 544. The van der Waals surface area contributed by atoms with Crippen molar-refractivity contribution in [3.63, 3.8) is 0 Å². The highest BCUT2D eigenvalue weighted by atomic mass is 16.4. The van der Waals surface area contributed by atoms with Crippen molar-refractivity contribution >= 4 is 13.0 Å². The van der Waals surface area contributed by atoms with Gasteiger partial charge in [0.1, 0.15) is 0 Å². The summed E-state index contributed by atoms with van der Waals surface area (Å²) in [6.45, 7) is 5.00. The van der Waals surface area contributed by atoms with E-state index in [2.05, 4.69) is 13.8 Å². The maximum Gasteiger partial charge on any atom is 0.475 e. The van der Waals surface area contributed by atoms with E-state index >= 15 is 0 Å².